The van der Waals surface area contributed by atoms with E-state index in [2.05, 4.69) is 43.8 Å². The molecule has 2 atom stereocenters. The van der Waals surface area contributed by atoms with Gasteiger partial charge in [-0.3, -0.25) is 4.79 Å². The summed E-state index contributed by atoms with van der Waals surface area (Å²) < 4.78 is 1.10. The lowest BCUT2D eigenvalue weighted by molar-refractivity contribution is 0.0937. The molecule has 104 valence electrons. The van der Waals surface area contributed by atoms with E-state index in [4.69, 9.17) is 0 Å². The van der Waals surface area contributed by atoms with Crippen LogP contribution in [0.25, 0.3) is 0 Å². The van der Waals surface area contributed by atoms with E-state index in [-0.39, 0.29) is 5.91 Å². The molecular weight excluding hydrogens is 417 g/mol. The van der Waals surface area contributed by atoms with Crippen LogP contribution in [0.2, 0.25) is 0 Å². The molecule has 0 aromatic heterocycles. The Labute approximate surface area is 137 Å². The van der Waals surface area contributed by atoms with Crippen molar-refractivity contribution >= 4 is 44.4 Å². The predicted molar refractivity (Wildman–Crippen MR) is 90.7 cm³/mol. The molecule has 19 heavy (non-hydrogen) atoms. The molecule has 1 aromatic rings. The third kappa shape index (κ3) is 4.45. The molecule has 1 saturated carbocycles. The van der Waals surface area contributed by atoms with E-state index in [1.807, 2.05) is 24.3 Å². The van der Waals surface area contributed by atoms with Gasteiger partial charge >= 0.3 is 0 Å². The van der Waals surface area contributed by atoms with Crippen molar-refractivity contribution in [2.45, 2.75) is 25.7 Å². The van der Waals surface area contributed by atoms with E-state index in [0.717, 1.165) is 21.0 Å². The highest BCUT2D eigenvalue weighted by atomic mass is 127. The Hall–Kier alpha value is -0.100. The Morgan fingerprint density at radius 3 is 2.74 bits per heavy atom. The first kappa shape index (κ1) is 15.3. The lowest BCUT2D eigenvalue weighted by atomic mass is 9.80. The molecule has 1 aliphatic carbocycles. The van der Waals surface area contributed by atoms with Crippen LogP contribution in [0.3, 0.4) is 0 Å². The Kier molecular flexibility index (Phi) is 6.13. The molecule has 2 unspecified atom stereocenters. The lowest BCUT2D eigenvalue weighted by Crippen LogP contribution is -2.34. The SMILES string of the molecule is O=C(NCC1CCCCC1CBr)c1cccc(I)c1. The minimum atomic E-state index is 0.0532. The van der Waals surface area contributed by atoms with Gasteiger partial charge in [-0.2, -0.15) is 0 Å². The summed E-state index contributed by atoms with van der Waals surface area (Å²) in [5.74, 6) is 1.39. The molecule has 1 aromatic carbocycles. The summed E-state index contributed by atoms with van der Waals surface area (Å²) in [7, 11) is 0. The van der Waals surface area contributed by atoms with Gasteiger partial charge in [-0.25, -0.2) is 0 Å². The fourth-order valence-electron chi connectivity index (χ4n) is 2.71. The Morgan fingerprint density at radius 1 is 1.32 bits per heavy atom. The van der Waals surface area contributed by atoms with Crippen LogP contribution in [0.1, 0.15) is 36.0 Å². The van der Waals surface area contributed by atoms with Gasteiger partial charge in [-0.05, 0) is 65.5 Å². The van der Waals surface area contributed by atoms with Crippen molar-refractivity contribution in [3.63, 3.8) is 0 Å². The molecule has 1 fully saturated rings. The Morgan fingerprint density at radius 2 is 2.05 bits per heavy atom. The van der Waals surface area contributed by atoms with E-state index in [1.165, 1.54) is 25.7 Å². The topological polar surface area (TPSA) is 29.1 Å². The summed E-state index contributed by atoms with van der Waals surface area (Å²) in [6.45, 7) is 0.806. The Bertz CT molecular complexity index is 438. The number of benzene rings is 1. The molecule has 4 heteroatoms. The fraction of sp³-hybridized carbons (Fsp3) is 0.533. The second-order valence-corrected chi connectivity index (χ2v) is 7.07. The van der Waals surface area contributed by atoms with E-state index in [9.17, 15) is 4.79 Å². The molecule has 0 radical (unpaired) electrons. The molecule has 0 saturated heterocycles. The molecule has 0 spiro atoms. The zero-order valence-electron chi connectivity index (χ0n) is 10.9. The summed E-state index contributed by atoms with van der Waals surface area (Å²) in [6.07, 6.45) is 5.16. The normalized spacial score (nSPS) is 23.1. The van der Waals surface area contributed by atoms with E-state index >= 15 is 0 Å². The van der Waals surface area contributed by atoms with E-state index in [1.54, 1.807) is 0 Å². The van der Waals surface area contributed by atoms with Gasteiger partial charge in [0.1, 0.15) is 0 Å². The molecule has 2 nitrogen and oxygen atoms in total. The molecule has 0 heterocycles. The van der Waals surface area contributed by atoms with Crippen molar-refractivity contribution in [2.24, 2.45) is 11.8 Å². The number of rotatable bonds is 4. The van der Waals surface area contributed by atoms with Gasteiger partial charge in [-0.15, -0.1) is 0 Å². The van der Waals surface area contributed by atoms with Crippen molar-refractivity contribution in [3.8, 4) is 0 Å². The third-order valence-corrected chi connectivity index (χ3v) is 5.38. The summed E-state index contributed by atoms with van der Waals surface area (Å²) >= 11 is 5.83. The molecule has 1 N–H and O–H groups in total. The minimum Gasteiger partial charge on any atom is -0.352 e. The highest BCUT2D eigenvalue weighted by Crippen LogP contribution is 2.30. The van der Waals surface area contributed by atoms with Gasteiger partial charge in [-0.1, -0.05) is 34.8 Å². The highest BCUT2D eigenvalue weighted by molar-refractivity contribution is 14.1. The number of hydrogen-bond donors (Lipinski definition) is 1. The molecule has 0 aliphatic heterocycles. The third-order valence-electron chi connectivity index (χ3n) is 3.88. The summed E-state index contributed by atoms with van der Waals surface area (Å²) in [5, 5.41) is 4.15. The van der Waals surface area contributed by atoms with Gasteiger partial charge in [0.05, 0.1) is 0 Å². The summed E-state index contributed by atoms with van der Waals surface area (Å²) in [5.41, 5.74) is 0.762. The van der Waals surface area contributed by atoms with Crippen molar-refractivity contribution in [1.82, 2.24) is 5.32 Å². The number of carbonyl (C=O) groups is 1. The van der Waals surface area contributed by atoms with Crippen LogP contribution in [0.4, 0.5) is 0 Å². The highest BCUT2D eigenvalue weighted by Gasteiger charge is 2.24. The minimum absolute atomic E-state index is 0.0532. The first-order chi connectivity index (χ1) is 9.20. The van der Waals surface area contributed by atoms with Crippen LogP contribution < -0.4 is 5.32 Å². The van der Waals surface area contributed by atoms with Crippen molar-refractivity contribution in [3.05, 3.63) is 33.4 Å². The van der Waals surface area contributed by atoms with Crippen molar-refractivity contribution < 1.29 is 4.79 Å². The molecule has 2 rings (SSSR count). The van der Waals surface area contributed by atoms with Crippen LogP contribution in [0.5, 0.6) is 0 Å². The molecule has 0 bridgehead atoms. The van der Waals surface area contributed by atoms with E-state index in [0.29, 0.717) is 11.8 Å². The van der Waals surface area contributed by atoms with Gasteiger partial charge < -0.3 is 5.32 Å². The first-order valence-corrected chi connectivity index (χ1v) is 9.00. The maximum atomic E-state index is 12.1. The van der Waals surface area contributed by atoms with Crippen LogP contribution in [-0.2, 0) is 0 Å². The van der Waals surface area contributed by atoms with Crippen LogP contribution in [0, 0.1) is 15.4 Å². The quantitative estimate of drug-likeness (QED) is 0.556. The predicted octanol–water partition coefficient (Wildman–Crippen LogP) is 4.22. The molecular formula is C15H19BrINO. The second kappa shape index (κ2) is 7.62. The summed E-state index contributed by atoms with van der Waals surface area (Å²) in [6, 6.07) is 7.73. The number of hydrogen-bond acceptors (Lipinski definition) is 1. The van der Waals surface area contributed by atoms with Crippen molar-refractivity contribution in [1.29, 1.82) is 0 Å². The maximum absolute atomic E-state index is 12.1. The maximum Gasteiger partial charge on any atom is 0.251 e. The van der Waals surface area contributed by atoms with E-state index < -0.39 is 0 Å². The Balaban J connectivity index is 1.89. The second-order valence-electron chi connectivity index (χ2n) is 5.18. The molecule has 1 aliphatic rings. The van der Waals surface area contributed by atoms with Gasteiger partial charge in [0.25, 0.3) is 5.91 Å². The van der Waals surface area contributed by atoms with Gasteiger partial charge in [0, 0.05) is 21.0 Å². The van der Waals surface area contributed by atoms with Crippen molar-refractivity contribution in [2.75, 3.05) is 11.9 Å². The number of halogens is 2. The lowest BCUT2D eigenvalue weighted by Gasteiger charge is -2.30. The molecule has 1 amide bonds. The average Bonchev–Trinajstić information content (AvgIpc) is 2.45. The van der Waals surface area contributed by atoms with Gasteiger partial charge in [0.2, 0.25) is 0 Å². The smallest absolute Gasteiger partial charge is 0.251 e. The monoisotopic (exact) mass is 435 g/mol. The average molecular weight is 436 g/mol. The first-order valence-electron chi connectivity index (χ1n) is 6.80. The zero-order chi connectivity index (χ0) is 13.7. The largest absolute Gasteiger partial charge is 0.352 e. The standard InChI is InChI=1S/C15H19BrINO/c16-9-12-4-1-2-5-13(12)10-18-15(19)11-6-3-7-14(17)8-11/h3,6-8,12-13H,1-2,4-5,9-10H2,(H,18,19). The summed E-state index contributed by atoms with van der Waals surface area (Å²) in [4.78, 5) is 12.1. The fourth-order valence-corrected chi connectivity index (χ4v) is 4.11. The number of nitrogens with one attached hydrogen (secondary N) is 1. The van der Waals surface area contributed by atoms with Crippen LogP contribution in [0.15, 0.2) is 24.3 Å². The van der Waals surface area contributed by atoms with Gasteiger partial charge in [0.15, 0.2) is 0 Å². The van der Waals surface area contributed by atoms with Crippen LogP contribution >= 0.6 is 38.5 Å². The number of carbonyl (C=O) groups excluding carboxylic acids is 1. The number of alkyl halides is 1. The zero-order valence-corrected chi connectivity index (χ0v) is 14.6. The van der Waals surface area contributed by atoms with Crippen LogP contribution in [-0.4, -0.2) is 17.8 Å². The number of amides is 1.